The van der Waals surface area contributed by atoms with Crippen LogP contribution in [0.1, 0.15) is 12.5 Å². The zero-order chi connectivity index (χ0) is 14.8. The molecule has 0 aliphatic carbocycles. The van der Waals surface area contributed by atoms with Crippen molar-refractivity contribution < 1.29 is 14.6 Å². The van der Waals surface area contributed by atoms with Crippen molar-refractivity contribution >= 4 is 0 Å². The maximum absolute atomic E-state index is 9.78. The number of methoxy groups -OCH3 is 1. The minimum Gasteiger partial charge on any atom is -0.491 e. The van der Waals surface area contributed by atoms with E-state index in [0.29, 0.717) is 30.4 Å². The molecule has 5 nitrogen and oxygen atoms in total. The highest BCUT2D eigenvalue weighted by atomic mass is 16.5. The van der Waals surface area contributed by atoms with Gasteiger partial charge in [-0.1, -0.05) is 6.92 Å². The van der Waals surface area contributed by atoms with Crippen molar-refractivity contribution in [3.8, 4) is 11.8 Å². The molecular formula is C15H22N2O3. The van der Waals surface area contributed by atoms with Crippen LogP contribution < -0.4 is 10.1 Å². The van der Waals surface area contributed by atoms with E-state index in [-0.39, 0.29) is 6.61 Å². The molecule has 0 fully saturated rings. The minimum absolute atomic E-state index is 0.220. The number of benzene rings is 1. The molecule has 1 aromatic carbocycles. The highest BCUT2D eigenvalue weighted by Crippen LogP contribution is 2.11. The van der Waals surface area contributed by atoms with Gasteiger partial charge >= 0.3 is 0 Å². The van der Waals surface area contributed by atoms with Crippen LogP contribution in [0, 0.1) is 17.2 Å². The maximum Gasteiger partial charge on any atom is 0.119 e. The second kappa shape index (κ2) is 9.32. The molecule has 0 spiro atoms. The molecule has 0 bridgehead atoms. The Morgan fingerprint density at radius 2 is 1.95 bits per heavy atom. The molecule has 110 valence electrons. The summed E-state index contributed by atoms with van der Waals surface area (Å²) in [5, 5.41) is 21.6. The molecule has 1 rings (SSSR count). The summed E-state index contributed by atoms with van der Waals surface area (Å²) >= 11 is 0. The summed E-state index contributed by atoms with van der Waals surface area (Å²) in [4.78, 5) is 0. The summed E-state index contributed by atoms with van der Waals surface area (Å²) in [6, 6.07) is 8.86. The molecule has 5 heteroatoms. The number of rotatable bonds is 9. The average molecular weight is 278 g/mol. The van der Waals surface area contributed by atoms with Gasteiger partial charge in [-0.2, -0.15) is 5.26 Å². The maximum atomic E-state index is 9.78. The summed E-state index contributed by atoms with van der Waals surface area (Å²) in [6.07, 6.45) is -0.569. The molecule has 1 aromatic rings. The van der Waals surface area contributed by atoms with Crippen molar-refractivity contribution in [1.82, 2.24) is 5.32 Å². The van der Waals surface area contributed by atoms with Gasteiger partial charge in [-0.15, -0.1) is 0 Å². The normalized spacial score (nSPS) is 13.5. The van der Waals surface area contributed by atoms with Gasteiger partial charge in [0.2, 0.25) is 0 Å². The van der Waals surface area contributed by atoms with Crippen LogP contribution in [0.3, 0.4) is 0 Å². The van der Waals surface area contributed by atoms with Crippen molar-refractivity contribution in [3.05, 3.63) is 29.8 Å². The number of aliphatic hydroxyl groups excluding tert-OH is 1. The zero-order valence-electron chi connectivity index (χ0n) is 12.0. The number of nitriles is 1. The van der Waals surface area contributed by atoms with Gasteiger partial charge in [0.25, 0.3) is 0 Å². The fourth-order valence-electron chi connectivity index (χ4n) is 1.72. The van der Waals surface area contributed by atoms with Crippen molar-refractivity contribution in [2.75, 3.05) is 33.4 Å². The van der Waals surface area contributed by atoms with Crippen LogP contribution in [-0.4, -0.2) is 44.6 Å². The quantitative estimate of drug-likeness (QED) is 0.709. The van der Waals surface area contributed by atoms with Crippen molar-refractivity contribution in [3.63, 3.8) is 0 Å². The molecule has 0 aromatic heterocycles. The van der Waals surface area contributed by atoms with Gasteiger partial charge in [0.05, 0.1) is 11.6 Å². The number of nitrogens with one attached hydrogen (secondary N) is 1. The molecule has 0 heterocycles. The zero-order valence-corrected chi connectivity index (χ0v) is 12.0. The van der Waals surface area contributed by atoms with Gasteiger partial charge in [0.1, 0.15) is 18.5 Å². The lowest BCUT2D eigenvalue weighted by Gasteiger charge is -2.15. The molecule has 2 N–H and O–H groups in total. The minimum atomic E-state index is -0.569. The van der Waals surface area contributed by atoms with E-state index in [1.165, 1.54) is 0 Å². The predicted octanol–water partition coefficient (Wildman–Crippen LogP) is 1.17. The van der Waals surface area contributed by atoms with E-state index < -0.39 is 6.10 Å². The smallest absolute Gasteiger partial charge is 0.119 e. The van der Waals surface area contributed by atoms with Crippen LogP contribution in [0.4, 0.5) is 0 Å². The van der Waals surface area contributed by atoms with Crippen LogP contribution >= 0.6 is 0 Å². The second-order valence-electron chi connectivity index (χ2n) is 4.82. The average Bonchev–Trinajstić information content (AvgIpc) is 2.46. The summed E-state index contributed by atoms with van der Waals surface area (Å²) in [7, 11) is 1.68. The van der Waals surface area contributed by atoms with E-state index in [0.717, 1.165) is 6.54 Å². The molecule has 0 aliphatic rings. The summed E-state index contributed by atoms with van der Waals surface area (Å²) in [5.41, 5.74) is 0.590. The number of hydrogen-bond acceptors (Lipinski definition) is 5. The summed E-state index contributed by atoms with van der Waals surface area (Å²) < 4.78 is 10.5. The molecule has 0 amide bonds. The van der Waals surface area contributed by atoms with Crippen molar-refractivity contribution in [1.29, 1.82) is 5.26 Å². The van der Waals surface area contributed by atoms with Gasteiger partial charge in [-0.05, 0) is 36.7 Å². The third kappa shape index (κ3) is 6.53. The Morgan fingerprint density at radius 1 is 1.25 bits per heavy atom. The molecule has 0 saturated carbocycles. The third-order valence-electron chi connectivity index (χ3n) is 2.75. The van der Waals surface area contributed by atoms with E-state index in [2.05, 4.69) is 12.2 Å². The van der Waals surface area contributed by atoms with E-state index in [1.807, 2.05) is 6.07 Å². The van der Waals surface area contributed by atoms with Gasteiger partial charge in [0, 0.05) is 20.3 Å². The van der Waals surface area contributed by atoms with Gasteiger partial charge < -0.3 is 19.9 Å². The van der Waals surface area contributed by atoms with Crippen molar-refractivity contribution in [2.24, 2.45) is 5.92 Å². The molecule has 0 radical (unpaired) electrons. The molecule has 20 heavy (non-hydrogen) atoms. The number of hydrogen-bond donors (Lipinski definition) is 2. The first-order valence-corrected chi connectivity index (χ1v) is 6.66. The Balaban J connectivity index is 2.19. The van der Waals surface area contributed by atoms with Gasteiger partial charge in [0.15, 0.2) is 0 Å². The second-order valence-corrected chi connectivity index (χ2v) is 4.82. The first-order valence-electron chi connectivity index (χ1n) is 6.66. The molecule has 0 aliphatic heterocycles. The Kier molecular flexibility index (Phi) is 7.66. The fourth-order valence-corrected chi connectivity index (χ4v) is 1.72. The van der Waals surface area contributed by atoms with E-state index in [1.54, 1.807) is 31.4 Å². The number of nitrogens with zero attached hydrogens (tertiary/aromatic N) is 1. The molecular weight excluding hydrogens is 256 g/mol. The lowest BCUT2D eigenvalue weighted by molar-refractivity contribution is 0.102. The monoisotopic (exact) mass is 278 g/mol. The first-order chi connectivity index (χ1) is 9.65. The van der Waals surface area contributed by atoms with E-state index >= 15 is 0 Å². The molecule has 0 saturated heterocycles. The van der Waals surface area contributed by atoms with Crippen LogP contribution in [0.2, 0.25) is 0 Å². The predicted molar refractivity (Wildman–Crippen MR) is 76.6 cm³/mol. The highest BCUT2D eigenvalue weighted by Gasteiger charge is 2.07. The van der Waals surface area contributed by atoms with E-state index in [9.17, 15) is 5.11 Å². The van der Waals surface area contributed by atoms with Crippen LogP contribution in [0.15, 0.2) is 24.3 Å². The molecule has 2 unspecified atom stereocenters. The topological polar surface area (TPSA) is 74.5 Å². The lowest BCUT2D eigenvalue weighted by atomic mass is 10.2. The van der Waals surface area contributed by atoms with Crippen LogP contribution in [0.25, 0.3) is 0 Å². The standard InChI is InChI=1S/C15H22N2O3/c1-12(10-19-2)8-17-9-14(18)11-20-15-5-3-13(7-16)4-6-15/h3-6,12,14,17-18H,8-11H2,1-2H3. The van der Waals surface area contributed by atoms with Crippen LogP contribution in [0.5, 0.6) is 5.75 Å². The number of ether oxygens (including phenoxy) is 2. The van der Waals surface area contributed by atoms with E-state index in [4.69, 9.17) is 14.7 Å². The number of aliphatic hydroxyl groups is 1. The highest BCUT2D eigenvalue weighted by molar-refractivity contribution is 5.34. The summed E-state index contributed by atoms with van der Waals surface area (Å²) in [5.74, 6) is 1.06. The SMILES string of the molecule is COCC(C)CNCC(O)COc1ccc(C#N)cc1. The van der Waals surface area contributed by atoms with Gasteiger partial charge in [-0.25, -0.2) is 0 Å². The van der Waals surface area contributed by atoms with Crippen molar-refractivity contribution in [2.45, 2.75) is 13.0 Å². The summed E-state index contributed by atoms with van der Waals surface area (Å²) in [6.45, 7) is 4.27. The third-order valence-corrected chi connectivity index (χ3v) is 2.75. The van der Waals surface area contributed by atoms with Crippen LogP contribution in [-0.2, 0) is 4.74 Å². The Morgan fingerprint density at radius 3 is 2.55 bits per heavy atom. The Hall–Kier alpha value is -1.61. The Labute approximate surface area is 120 Å². The fraction of sp³-hybridized carbons (Fsp3) is 0.533. The Bertz CT molecular complexity index is 414. The first kappa shape index (κ1) is 16.4. The largest absolute Gasteiger partial charge is 0.491 e. The lowest BCUT2D eigenvalue weighted by Crippen LogP contribution is -2.34. The van der Waals surface area contributed by atoms with Gasteiger partial charge in [-0.3, -0.25) is 0 Å². The molecule has 2 atom stereocenters.